The van der Waals surface area contributed by atoms with Gasteiger partial charge in [0, 0.05) is 29.0 Å². The van der Waals surface area contributed by atoms with Crippen molar-refractivity contribution in [3.63, 3.8) is 0 Å². The van der Waals surface area contributed by atoms with Gasteiger partial charge in [0.25, 0.3) is 5.91 Å². The minimum Gasteiger partial charge on any atom is -0.393 e. The number of unbranched alkanes of at least 4 members (excludes halogenated alkanes) is 1. The van der Waals surface area contributed by atoms with E-state index in [4.69, 9.17) is 11.6 Å². The molecule has 2 aromatic carbocycles. The van der Waals surface area contributed by atoms with Crippen LogP contribution in [0, 0.1) is 5.92 Å². The zero-order valence-electron chi connectivity index (χ0n) is 22.3. The van der Waals surface area contributed by atoms with Gasteiger partial charge in [0.1, 0.15) is 12.0 Å². The van der Waals surface area contributed by atoms with Crippen molar-refractivity contribution in [3.8, 4) is 0 Å². The van der Waals surface area contributed by atoms with E-state index in [1.54, 1.807) is 0 Å². The van der Waals surface area contributed by atoms with Crippen LogP contribution in [0.25, 0.3) is 0 Å². The van der Waals surface area contributed by atoms with Gasteiger partial charge < -0.3 is 20.2 Å². The molecule has 0 spiro atoms. The van der Waals surface area contributed by atoms with Gasteiger partial charge in [-0.25, -0.2) is 0 Å². The molecule has 2 heterocycles. The van der Waals surface area contributed by atoms with E-state index >= 15 is 0 Å². The number of hydrogen-bond donors (Lipinski definition) is 2. The van der Waals surface area contributed by atoms with Crippen LogP contribution in [0.1, 0.15) is 79.9 Å². The number of likely N-dealkylation sites (N-methyl/N-ethyl adjacent to an activating group) is 1. The molecule has 3 aliphatic rings. The summed E-state index contributed by atoms with van der Waals surface area (Å²) >= 11 is 6.29. The quantitative estimate of drug-likeness (QED) is 0.316. The summed E-state index contributed by atoms with van der Waals surface area (Å²) < 4.78 is 0. The van der Waals surface area contributed by atoms with Crippen molar-refractivity contribution in [2.24, 2.45) is 5.92 Å². The van der Waals surface area contributed by atoms with Gasteiger partial charge in [-0.05, 0) is 92.8 Å². The zero-order valence-corrected chi connectivity index (χ0v) is 23.1. The number of benzene rings is 2. The summed E-state index contributed by atoms with van der Waals surface area (Å²) in [6.45, 7) is 4.04. The van der Waals surface area contributed by atoms with Gasteiger partial charge in [-0.2, -0.15) is 0 Å². The first kappa shape index (κ1) is 26.5. The lowest BCUT2D eigenvalue weighted by Gasteiger charge is -2.40. The Labute approximate surface area is 230 Å². The van der Waals surface area contributed by atoms with Crippen molar-refractivity contribution in [2.75, 3.05) is 22.2 Å². The van der Waals surface area contributed by atoms with E-state index in [2.05, 4.69) is 41.2 Å². The summed E-state index contributed by atoms with van der Waals surface area (Å²) in [5, 5.41) is 13.9. The monoisotopic (exact) mass is 533 g/mol. The molecule has 1 amide bonds. The van der Waals surface area contributed by atoms with Gasteiger partial charge in [-0.1, -0.05) is 37.1 Å². The largest absolute Gasteiger partial charge is 0.393 e. The number of hydrogen-bond acceptors (Lipinski definition) is 5. The Morgan fingerprint density at radius 1 is 1.16 bits per heavy atom. The number of nitrogens with one attached hydrogen (secondary N) is 1. The lowest BCUT2D eigenvalue weighted by Crippen LogP contribution is -2.39. The van der Waals surface area contributed by atoms with Crippen LogP contribution < -0.4 is 15.1 Å². The Morgan fingerprint density at radius 2 is 1.92 bits per heavy atom. The number of amides is 1. The van der Waals surface area contributed by atoms with Crippen molar-refractivity contribution < 1.29 is 14.7 Å². The van der Waals surface area contributed by atoms with Crippen LogP contribution in [0.15, 0.2) is 53.9 Å². The lowest BCUT2D eigenvalue weighted by molar-refractivity contribution is -0.113. The highest BCUT2D eigenvalue weighted by molar-refractivity contribution is 6.30. The maximum absolute atomic E-state index is 13.3. The first-order valence-corrected chi connectivity index (χ1v) is 14.0. The van der Waals surface area contributed by atoms with E-state index in [0.29, 0.717) is 22.0 Å². The summed E-state index contributed by atoms with van der Waals surface area (Å²) in [7, 11) is 2.05. The van der Waals surface area contributed by atoms with Crippen molar-refractivity contribution in [1.29, 1.82) is 0 Å². The summed E-state index contributed by atoms with van der Waals surface area (Å²) in [6, 6.07) is 9.81. The number of carbonyl (C=O) groups excluding carboxylic acids is 2. The molecular formula is C31H36ClN3O3. The van der Waals surface area contributed by atoms with Gasteiger partial charge in [-0.15, -0.1) is 0 Å². The Kier molecular flexibility index (Phi) is 7.64. The molecule has 1 saturated carbocycles. The standard InChI is InChI=1S/C31H36ClN3O3/c1-4-6-7-28(19-8-11-23(37)12-9-19)35-26(5-2)31(38)33-25-15-21(18-36)24(17-30(25)35)29-16-20-14-22(32)10-13-27(20)34(29)3/h5,7,10,13-15,17-19,23,29,37H,4,6,8-9,11-12,16H2,1-3H3,(H,33,38)/b26-5-,28-7+. The van der Waals surface area contributed by atoms with Crippen molar-refractivity contribution in [2.45, 2.75) is 70.9 Å². The van der Waals surface area contributed by atoms with Gasteiger partial charge in [0.05, 0.1) is 23.5 Å². The second kappa shape index (κ2) is 11.0. The smallest absolute Gasteiger partial charge is 0.272 e. The summed E-state index contributed by atoms with van der Waals surface area (Å²) in [5.74, 6) is 0.0660. The molecule has 2 aliphatic heterocycles. The van der Waals surface area contributed by atoms with E-state index in [9.17, 15) is 14.7 Å². The maximum atomic E-state index is 13.3. The fraction of sp³-hybridized carbons (Fsp3) is 0.419. The van der Waals surface area contributed by atoms with Gasteiger partial charge >= 0.3 is 0 Å². The number of allylic oxidation sites excluding steroid dienone is 3. The number of fused-ring (bicyclic) bond motifs is 2. The summed E-state index contributed by atoms with van der Waals surface area (Å²) in [5.41, 5.74) is 7.00. The Balaban J connectivity index is 1.64. The maximum Gasteiger partial charge on any atom is 0.272 e. The number of aliphatic hydroxyl groups is 1. The average molecular weight is 534 g/mol. The number of aldehydes is 1. The van der Waals surface area contributed by atoms with Crippen molar-refractivity contribution >= 4 is 40.9 Å². The number of rotatable bonds is 6. The highest BCUT2D eigenvalue weighted by Crippen LogP contribution is 2.47. The van der Waals surface area contributed by atoms with Crippen molar-refractivity contribution in [1.82, 2.24) is 0 Å². The van der Waals surface area contributed by atoms with E-state index in [0.717, 1.165) is 79.4 Å². The summed E-state index contributed by atoms with van der Waals surface area (Å²) in [4.78, 5) is 29.9. The number of carbonyl (C=O) groups is 2. The summed E-state index contributed by atoms with van der Waals surface area (Å²) in [6.07, 6.45) is 10.7. The average Bonchev–Trinajstić information content (AvgIpc) is 3.23. The molecule has 0 saturated heterocycles. The predicted octanol–water partition coefficient (Wildman–Crippen LogP) is 6.78. The fourth-order valence-corrected chi connectivity index (χ4v) is 6.45. The normalized spacial score (nSPS) is 24.3. The van der Waals surface area contributed by atoms with Crippen LogP contribution in [-0.2, 0) is 11.2 Å². The molecule has 0 bridgehead atoms. The minimum atomic E-state index is -0.258. The zero-order chi connectivity index (χ0) is 27.0. The molecule has 6 nitrogen and oxygen atoms in total. The first-order chi connectivity index (χ1) is 18.4. The molecule has 200 valence electrons. The number of nitrogens with zero attached hydrogens (tertiary/aromatic N) is 2. The SMILES string of the molecule is C/C=C1/C(=O)Nc2cc(C=O)c(C3Cc4cc(Cl)ccc4N3C)cc2N1/C(=C/CCC)C1CCC(O)CC1. The Hall–Kier alpha value is -3.09. The molecule has 38 heavy (non-hydrogen) atoms. The van der Waals surface area contributed by atoms with Crippen LogP contribution in [0.4, 0.5) is 17.1 Å². The molecule has 5 rings (SSSR count). The van der Waals surface area contributed by atoms with Crippen LogP contribution in [0.2, 0.25) is 5.02 Å². The van der Waals surface area contributed by atoms with Gasteiger partial charge in [-0.3, -0.25) is 9.59 Å². The third-order valence-electron chi connectivity index (χ3n) is 8.24. The lowest BCUT2D eigenvalue weighted by atomic mass is 9.83. The molecule has 2 aromatic rings. The molecule has 7 heteroatoms. The molecule has 0 aromatic heterocycles. The van der Waals surface area contributed by atoms with Gasteiger partial charge in [0.15, 0.2) is 0 Å². The molecule has 1 aliphatic carbocycles. The highest BCUT2D eigenvalue weighted by Gasteiger charge is 2.37. The minimum absolute atomic E-state index is 0.0320. The molecular weight excluding hydrogens is 498 g/mol. The van der Waals surface area contributed by atoms with E-state index < -0.39 is 0 Å². The van der Waals surface area contributed by atoms with Crippen LogP contribution in [0.3, 0.4) is 0 Å². The fourth-order valence-electron chi connectivity index (χ4n) is 6.25. The molecule has 1 unspecified atom stereocenters. The molecule has 2 N–H and O–H groups in total. The number of halogens is 1. The third kappa shape index (κ3) is 4.76. The topological polar surface area (TPSA) is 72.9 Å². The van der Waals surface area contributed by atoms with Crippen LogP contribution >= 0.6 is 11.6 Å². The van der Waals surface area contributed by atoms with Crippen LogP contribution in [-0.4, -0.2) is 30.5 Å². The number of anilines is 3. The second-order valence-corrected chi connectivity index (χ2v) is 11.0. The first-order valence-electron chi connectivity index (χ1n) is 13.7. The third-order valence-corrected chi connectivity index (χ3v) is 8.48. The van der Waals surface area contributed by atoms with Crippen LogP contribution in [0.5, 0.6) is 0 Å². The predicted molar refractivity (Wildman–Crippen MR) is 154 cm³/mol. The Morgan fingerprint density at radius 3 is 2.61 bits per heavy atom. The van der Waals surface area contributed by atoms with Gasteiger partial charge in [0.2, 0.25) is 0 Å². The molecule has 0 radical (unpaired) electrons. The molecule has 1 fully saturated rings. The van der Waals surface area contributed by atoms with E-state index in [1.165, 1.54) is 0 Å². The number of aliphatic hydroxyl groups excluding tert-OH is 1. The van der Waals surface area contributed by atoms with E-state index in [1.807, 2.05) is 37.3 Å². The highest BCUT2D eigenvalue weighted by atomic mass is 35.5. The Bertz CT molecular complexity index is 1310. The van der Waals surface area contributed by atoms with E-state index in [-0.39, 0.29) is 24.0 Å². The van der Waals surface area contributed by atoms with Crippen molar-refractivity contribution in [3.05, 3.63) is 75.6 Å². The molecule has 1 atom stereocenters. The second-order valence-electron chi connectivity index (χ2n) is 10.6.